The SMILES string of the molecule is CCC(C)COC(=O)CC(C)CC. The van der Waals surface area contributed by atoms with Gasteiger partial charge in [0.25, 0.3) is 0 Å². The fourth-order valence-electron chi connectivity index (χ4n) is 0.841. The van der Waals surface area contributed by atoms with E-state index in [1.165, 1.54) is 0 Å². The molecule has 78 valence electrons. The summed E-state index contributed by atoms with van der Waals surface area (Å²) in [5.74, 6) is 0.889. The summed E-state index contributed by atoms with van der Waals surface area (Å²) in [7, 11) is 0. The molecule has 0 fully saturated rings. The molecule has 0 amide bonds. The monoisotopic (exact) mass is 186 g/mol. The van der Waals surface area contributed by atoms with Crippen molar-refractivity contribution in [3.63, 3.8) is 0 Å². The Kier molecular flexibility index (Phi) is 6.65. The van der Waals surface area contributed by atoms with E-state index in [1.807, 2.05) is 0 Å². The van der Waals surface area contributed by atoms with Crippen molar-refractivity contribution >= 4 is 5.97 Å². The van der Waals surface area contributed by atoms with Gasteiger partial charge in [-0.2, -0.15) is 0 Å². The summed E-state index contributed by atoms with van der Waals surface area (Å²) in [5.41, 5.74) is 0. The van der Waals surface area contributed by atoms with Crippen LogP contribution in [-0.4, -0.2) is 12.6 Å². The van der Waals surface area contributed by atoms with Crippen LogP contribution in [0.25, 0.3) is 0 Å². The van der Waals surface area contributed by atoms with Crippen molar-refractivity contribution in [2.24, 2.45) is 11.8 Å². The van der Waals surface area contributed by atoms with Crippen molar-refractivity contribution in [3.05, 3.63) is 0 Å². The molecule has 2 heteroatoms. The van der Waals surface area contributed by atoms with Gasteiger partial charge in [0, 0.05) is 6.42 Å². The van der Waals surface area contributed by atoms with Gasteiger partial charge in [-0.1, -0.05) is 40.5 Å². The van der Waals surface area contributed by atoms with Crippen LogP contribution in [0.15, 0.2) is 0 Å². The highest BCUT2D eigenvalue weighted by Crippen LogP contribution is 2.08. The van der Waals surface area contributed by atoms with Gasteiger partial charge in [0.05, 0.1) is 6.61 Å². The van der Waals surface area contributed by atoms with Gasteiger partial charge in [0.2, 0.25) is 0 Å². The normalized spacial score (nSPS) is 15.1. The molecule has 0 bridgehead atoms. The maximum Gasteiger partial charge on any atom is 0.306 e. The summed E-state index contributed by atoms with van der Waals surface area (Å²) in [6, 6.07) is 0. The molecule has 0 saturated carbocycles. The van der Waals surface area contributed by atoms with Gasteiger partial charge in [-0.05, 0) is 11.8 Å². The van der Waals surface area contributed by atoms with Crippen molar-refractivity contribution in [2.45, 2.75) is 47.0 Å². The molecule has 0 aromatic heterocycles. The third-order valence-corrected chi connectivity index (χ3v) is 2.44. The fraction of sp³-hybridized carbons (Fsp3) is 0.909. The van der Waals surface area contributed by atoms with E-state index in [0.717, 1.165) is 12.8 Å². The van der Waals surface area contributed by atoms with Crippen LogP contribution in [0.1, 0.15) is 47.0 Å². The highest BCUT2D eigenvalue weighted by atomic mass is 16.5. The number of ether oxygens (including phenoxy) is 1. The molecule has 13 heavy (non-hydrogen) atoms. The van der Waals surface area contributed by atoms with Crippen molar-refractivity contribution in [3.8, 4) is 0 Å². The Morgan fingerprint density at radius 2 is 1.69 bits per heavy atom. The van der Waals surface area contributed by atoms with Crippen LogP contribution in [0.3, 0.4) is 0 Å². The summed E-state index contributed by atoms with van der Waals surface area (Å²) in [6.07, 6.45) is 2.67. The van der Waals surface area contributed by atoms with E-state index in [4.69, 9.17) is 4.74 Å². The lowest BCUT2D eigenvalue weighted by atomic mass is 10.1. The van der Waals surface area contributed by atoms with Crippen LogP contribution in [0.5, 0.6) is 0 Å². The molecule has 0 saturated heterocycles. The van der Waals surface area contributed by atoms with E-state index >= 15 is 0 Å². The summed E-state index contributed by atoms with van der Waals surface area (Å²) < 4.78 is 5.13. The van der Waals surface area contributed by atoms with E-state index in [2.05, 4.69) is 27.7 Å². The molecule has 0 aliphatic carbocycles. The first-order valence-corrected chi connectivity index (χ1v) is 5.25. The predicted octanol–water partition coefficient (Wildman–Crippen LogP) is 3.01. The van der Waals surface area contributed by atoms with Crippen LogP contribution in [-0.2, 0) is 9.53 Å². The standard InChI is InChI=1S/C11H22O2/c1-5-9(3)7-11(12)13-8-10(4)6-2/h9-10H,5-8H2,1-4H3. The van der Waals surface area contributed by atoms with Gasteiger partial charge in [0.15, 0.2) is 0 Å². The molecule has 0 rings (SSSR count). The van der Waals surface area contributed by atoms with Crippen molar-refractivity contribution in [1.82, 2.24) is 0 Å². The lowest BCUT2D eigenvalue weighted by Gasteiger charge is -2.11. The Hall–Kier alpha value is -0.530. The second-order valence-electron chi connectivity index (χ2n) is 3.91. The van der Waals surface area contributed by atoms with Crippen molar-refractivity contribution < 1.29 is 9.53 Å². The number of hydrogen-bond acceptors (Lipinski definition) is 2. The highest BCUT2D eigenvalue weighted by molar-refractivity contribution is 5.69. The van der Waals surface area contributed by atoms with Crippen LogP contribution in [0, 0.1) is 11.8 Å². The van der Waals surface area contributed by atoms with Crippen LogP contribution >= 0.6 is 0 Å². The Morgan fingerprint density at radius 3 is 2.15 bits per heavy atom. The van der Waals surface area contributed by atoms with Gasteiger partial charge in [-0.15, -0.1) is 0 Å². The third kappa shape index (κ3) is 6.62. The minimum absolute atomic E-state index is 0.0466. The van der Waals surface area contributed by atoms with E-state index in [1.54, 1.807) is 0 Å². The molecule has 0 N–H and O–H groups in total. The number of hydrogen-bond donors (Lipinski definition) is 0. The minimum atomic E-state index is -0.0466. The third-order valence-electron chi connectivity index (χ3n) is 2.44. The second-order valence-corrected chi connectivity index (χ2v) is 3.91. The number of rotatable bonds is 6. The van der Waals surface area contributed by atoms with Crippen LogP contribution in [0.4, 0.5) is 0 Å². The first-order valence-electron chi connectivity index (χ1n) is 5.25. The Labute approximate surface area is 81.7 Å². The predicted molar refractivity (Wildman–Crippen MR) is 54.5 cm³/mol. The van der Waals surface area contributed by atoms with Crippen molar-refractivity contribution in [1.29, 1.82) is 0 Å². The molecule has 0 aliphatic heterocycles. The average Bonchev–Trinajstić information content (AvgIpc) is 2.13. The van der Waals surface area contributed by atoms with Crippen LogP contribution in [0.2, 0.25) is 0 Å². The smallest absolute Gasteiger partial charge is 0.306 e. The zero-order valence-corrected chi connectivity index (χ0v) is 9.30. The average molecular weight is 186 g/mol. The minimum Gasteiger partial charge on any atom is -0.465 e. The molecular formula is C11H22O2. The van der Waals surface area contributed by atoms with Gasteiger partial charge in [-0.3, -0.25) is 4.79 Å². The van der Waals surface area contributed by atoms with E-state index in [9.17, 15) is 4.79 Å². The molecule has 2 atom stereocenters. The Bertz CT molecular complexity index is 143. The highest BCUT2D eigenvalue weighted by Gasteiger charge is 2.09. The van der Waals surface area contributed by atoms with Gasteiger partial charge < -0.3 is 4.74 Å². The Balaban J connectivity index is 3.51. The first kappa shape index (κ1) is 12.5. The topological polar surface area (TPSA) is 26.3 Å². The van der Waals surface area contributed by atoms with Crippen molar-refractivity contribution in [2.75, 3.05) is 6.61 Å². The zero-order valence-electron chi connectivity index (χ0n) is 9.30. The van der Waals surface area contributed by atoms with Gasteiger partial charge in [-0.25, -0.2) is 0 Å². The second kappa shape index (κ2) is 6.93. The summed E-state index contributed by atoms with van der Waals surface area (Å²) >= 11 is 0. The summed E-state index contributed by atoms with van der Waals surface area (Å²) in [5, 5.41) is 0. The maximum atomic E-state index is 11.2. The number of carbonyl (C=O) groups is 1. The van der Waals surface area contributed by atoms with Crippen LogP contribution < -0.4 is 0 Å². The van der Waals surface area contributed by atoms with Gasteiger partial charge >= 0.3 is 5.97 Å². The number of carbonyl (C=O) groups excluding carboxylic acids is 1. The maximum absolute atomic E-state index is 11.2. The molecule has 2 unspecified atom stereocenters. The molecule has 2 nitrogen and oxygen atoms in total. The lowest BCUT2D eigenvalue weighted by Crippen LogP contribution is -2.13. The zero-order chi connectivity index (χ0) is 10.3. The number of esters is 1. The van der Waals surface area contributed by atoms with Gasteiger partial charge in [0.1, 0.15) is 0 Å². The van der Waals surface area contributed by atoms with E-state index in [0.29, 0.717) is 24.9 Å². The molecule has 0 heterocycles. The molecule has 0 aliphatic rings. The quantitative estimate of drug-likeness (QED) is 0.596. The fourth-order valence-corrected chi connectivity index (χ4v) is 0.841. The molecular weight excluding hydrogens is 164 g/mol. The van der Waals surface area contributed by atoms with E-state index < -0.39 is 0 Å². The summed E-state index contributed by atoms with van der Waals surface area (Å²) in [4.78, 5) is 11.2. The molecule has 0 aromatic rings. The molecule has 0 radical (unpaired) electrons. The molecule has 0 aromatic carbocycles. The Morgan fingerprint density at radius 1 is 1.15 bits per heavy atom. The largest absolute Gasteiger partial charge is 0.465 e. The summed E-state index contributed by atoms with van der Waals surface area (Å²) in [6.45, 7) is 8.94. The first-order chi connectivity index (χ1) is 6.10. The lowest BCUT2D eigenvalue weighted by molar-refractivity contribution is -0.145. The molecule has 0 spiro atoms. The van der Waals surface area contributed by atoms with E-state index in [-0.39, 0.29) is 5.97 Å².